The van der Waals surface area contributed by atoms with Gasteiger partial charge in [-0.2, -0.15) is 0 Å². The van der Waals surface area contributed by atoms with Crippen LogP contribution in [0, 0.1) is 0 Å². The van der Waals surface area contributed by atoms with E-state index in [0.29, 0.717) is 0 Å². The Morgan fingerprint density at radius 3 is 1.78 bits per heavy atom. The van der Waals surface area contributed by atoms with Gasteiger partial charge in [0.25, 0.3) is 0 Å². The maximum absolute atomic E-state index is 6.33. The van der Waals surface area contributed by atoms with Gasteiger partial charge >= 0.3 is 0 Å². The average molecular weight is 655 g/mol. The Kier molecular flexibility index (Phi) is 5.98. The van der Waals surface area contributed by atoms with Crippen molar-refractivity contribution < 1.29 is 8.83 Å². The lowest BCUT2D eigenvalue weighted by molar-refractivity contribution is 0.628. The highest BCUT2D eigenvalue weighted by Crippen LogP contribution is 2.43. The minimum absolute atomic E-state index is 0.765. The monoisotopic (exact) mass is 654 g/mol. The summed E-state index contributed by atoms with van der Waals surface area (Å²) >= 11 is 0. The van der Waals surface area contributed by atoms with E-state index in [1.807, 2.05) is 12.1 Å². The van der Waals surface area contributed by atoms with Crippen LogP contribution in [0.4, 0.5) is 22.9 Å². The fourth-order valence-corrected chi connectivity index (χ4v) is 8.06. The van der Waals surface area contributed by atoms with Crippen molar-refractivity contribution in [3.05, 3.63) is 163 Å². The topological polar surface area (TPSA) is 41.6 Å². The summed E-state index contributed by atoms with van der Waals surface area (Å²) in [5.41, 5.74) is 9.18. The Bertz CT molecular complexity index is 3000. The molecular formula is C47H30N2O2. The van der Waals surface area contributed by atoms with Crippen molar-refractivity contribution >= 4 is 94.2 Å². The van der Waals surface area contributed by atoms with E-state index >= 15 is 0 Å². The van der Waals surface area contributed by atoms with Crippen molar-refractivity contribution in [2.75, 3.05) is 16.8 Å². The van der Waals surface area contributed by atoms with Crippen LogP contribution < -0.4 is 10.2 Å². The molecule has 51 heavy (non-hydrogen) atoms. The summed E-state index contributed by atoms with van der Waals surface area (Å²) in [5.74, 6) is 0.822. The fraction of sp³-hybridized carbons (Fsp3) is 0.0213. The highest BCUT2D eigenvalue weighted by molar-refractivity contribution is 6.25. The Labute approximate surface area is 293 Å². The number of hydrogen-bond acceptors (Lipinski definition) is 4. The molecular weight excluding hydrogens is 625 g/mol. The Hall–Kier alpha value is -6.78. The number of nitrogens with one attached hydrogen (secondary N) is 1. The molecule has 0 aliphatic carbocycles. The van der Waals surface area contributed by atoms with Crippen molar-refractivity contribution in [1.29, 1.82) is 0 Å². The summed E-state index contributed by atoms with van der Waals surface area (Å²) in [6.45, 7) is 0.765. The van der Waals surface area contributed by atoms with Crippen LogP contribution in [-0.4, -0.2) is 6.54 Å². The molecule has 11 rings (SSSR count). The second-order valence-electron chi connectivity index (χ2n) is 13.3. The Balaban J connectivity index is 1.06. The maximum Gasteiger partial charge on any atom is 0.201 e. The van der Waals surface area contributed by atoms with Crippen LogP contribution in [0.2, 0.25) is 0 Å². The zero-order chi connectivity index (χ0) is 33.5. The van der Waals surface area contributed by atoms with Gasteiger partial charge in [-0.3, -0.25) is 0 Å². The van der Waals surface area contributed by atoms with Crippen LogP contribution in [0.15, 0.2) is 167 Å². The van der Waals surface area contributed by atoms with Gasteiger partial charge in [0.1, 0.15) is 16.7 Å². The number of benzene rings is 8. The molecule has 0 fully saturated rings. The molecule has 3 heterocycles. The largest absolute Gasteiger partial charge is 0.456 e. The summed E-state index contributed by atoms with van der Waals surface area (Å²) in [4.78, 5) is 2.30. The van der Waals surface area contributed by atoms with Crippen molar-refractivity contribution in [1.82, 2.24) is 0 Å². The van der Waals surface area contributed by atoms with Crippen LogP contribution in [0.25, 0.3) is 82.4 Å². The average Bonchev–Trinajstić information content (AvgIpc) is 3.76. The molecule has 0 atom stereocenters. The first-order chi connectivity index (χ1) is 25.3. The highest BCUT2D eigenvalue weighted by atomic mass is 16.4. The van der Waals surface area contributed by atoms with Gasteiger partial charge in [0.05, 0.1) is 0 Å². The van der Waals surface area contributed by atoms with Crippen molar-refractivity contribution in [3.8, 4) is 11.1 Å². The smallest absolute Gasteiger partial charge is 0.201 e. The van der Waals surface area contributed by atoms with Crippen molar-refractivity contribution in [2.24, 2.45) is 0 Å². The lowest BCUT2D eigenvalue weighted by Gasteiger charge is -2.26. The molecule has 4 nitrogen and oxygen atoms in total. The predicted molar refractivity (Wildman–Crippen MR) is 214 cm³/mol. The quantitative estimate of drug-likeness (QED) is 0.192. The minimum atomic E-state index is 0.765. The minimum Gasteiger partial charge on any atom is -0.456 e. The summed E-state index contributed by atoms with van der Waals surface area (Å²) in [6.07, 6.45) is 4.27. The molecule has 4 heteroatoms. The molecule has 1 N–H and O–H groups in total. The van der Waals surface area contributed by atoms with Gasteiger partial charge in [-0.25, -0.2) is 0 Å². The number of para-hydroxylation sites is 1. The first-order valence-corrected chi connectivity index (χ1v) is 17.4. The van der Waals surface area contributed by atoms with E-state index < -0.39 is 0 Å². The maximum atomic E-state index is 6.33. The van der Waals surface area contributed by atoms with Gasteiger partial charge < -0.3 is 19.1 Å². The predicted octanol–water partition coefficient (Wildman–Crippen LogP) is 13.4. The second kappa shape index (κ2) is 10.9. The van der Waals surface area contributed by atoms with Gasteiger partial charge in [-0.1, -0.05) is 103 Å². The first kappa shape index (κ1) is 28.1. The summed E-state index contributed by atoms with van der Waals surface area (Å²) in [5, 5.41) is 14.3. The molecule has 8 aromatic carbocycles. The SMILES string of the molecule is C1=Cc2c(oc3cc(N(c4ccc(-c5ccc6c7ccccc7c7ccccc7c6c5)cc4)c4ccc5oc6ccccc6c5c4)ccc23)NC1. The third-order valence-corrected chi connectivity index (χ3v) is 10.5. The van der Waals surface area contributed by atoms with Crippen molar-refractivity contribution in [3.63, 3.8) is 0 Å². The van der Waals surface area contributed by atoms with Crippen LogP contribution in [0.3, 0.4) is 0 Å². The lowest BCUT2D eigenvalue weighted by atomic mass is 9.92. The van der Waals surface area contributed by atoms with E-state index in [4.69, 9.17) is 8.83 Å². The van der Waals surface area contributed by atoms with Gasteiger partial charge in [-0.05, 0) is 98.0 Å². The van der Waals surface area contributed by atoms with Crippen molar-refractivity contribution in [2.45, 2.75) is 0 Å². The van der Waals surface area contributed by atoms with Crippen LogP contribution in [-0.2, 0) is 0 Å². The highest BCUT2D eigenvalue weighted by Gasteiger charge is 2.20. The Morgan fingerprint density at radius 2 is 1.00 bits per heavy atom. The van der Waals surface area contributed by atoms with Gasteiger partial charge in [-0.15, -0.1) is 0 Å². The van der Waals surface area contributed by atoms with E-state index in [1.54, 1.807) is 0 Å². The molecule has 0 unspecified atom stereocenters. The molecule has 0 saturated heterocycles. The van der Waals surface area contributed by atoms with Crippen LogP contribution in [0.5, 0.6) is 0 Å². The number of anilines is 4. The summed E-state index contributed by atoms with van der Waals surface area (Å²) in [6, 6.07) is 54.4. The standard InChI is InChI=1S/C47H30N2O2/c1-2-10-36-34(8-1)35-9-3-4-11-37(35)42-26-30(17-22-38(36)42)29-15-18-31(19-16-29)49(32-21-24-45-43(27-32)39-12-5-6-14-44(39)50-45)33-20-23-40-41-13-7-25-48-47(41)51-46(40)28-33/h1-24,26-28,48H,25H2. The summed E-state index contributed by atoms with van der Waals surface area (Å²) in [7, 11) is 0. The normalized spacial score (nSPS) is 12.7. The van der Waals surface area contributed by atoms with E-state index in [1.165, 1.54) is 43.4 Å². The van der Waals surface area contributed by atoms with E-state index in [2.05, 4.69) is 162 Å². The van der Waals surface area contributed by atoms with Gasteiger partial charge in [0, 0.05) is 51.4 Å². The fourth-order valence-electron chi connectivity index (χ4n) is 8.06. The lowest BCUT2D eigenvalue weighted by Crippen LogP contribution is -2.09. The second-order valence-corrected chi connectivity index (χ2v) is 13.3. The third-order valence-electron chi connectivity index (χ3n) is 10.5. The molecule has 1 aliphatic heterocycles. The molecule has 240 valence electrons. The molecule has 0 spiro atoms. The number of rotatable bonds is 4. The number of furan rings is 2. The molecule has 0 amide bonds. The molecule has 0 bridgehead atoms. The Morgan fingerprint density at radius 1 is 0.412 bits per heavy atom. The van der Waals surface area contributed by atoms with E-state index in [0.717, 1.165) is 68.0 Å². The van der Waals surface area contributed by atoms with Crippen LogP contribution >= 0.6 is 0 Å². The van der Waals surface area contributed by atoms with Crippen LogP contribution in [0.1, 0.15) is 5.56 Å². The zero-order valence-corrected chi connectivity index (χ0v) is 27.6. The number of fused-ring (bicyclic) bond motifs is 12. The zero-order valence-electron chi connectivity index (χ0n) is 27.6. The van der Waals surface area contributed by atoms with E-state index in [-0.39, 0.29) is 0 Å². The molecule has 0 radical (unpaired) electrons. The molecule has 1 aliphatic rings. The molecule has 0 saturated carbocycles. The molecule has 10 aromatic rings. The number of hydrogen-bond donors (Lipinski definition) is 1. The third kappa shape index (κ3) is 4.33. The first-order valence-electron chi connectivity index (χ1n) is 17.4. The molecule has 2 aromatic heterocycles. The number of nitrogens with zero attached hydrogens (tertiary/aromatic N) is 1. The van der Waals surface area contributed by atoms with Gasteiger partial charge in [0.2, 0.25) is 5.88 Å². The summed E-state index contributed by atoms with van der Waals surface area (Å²) < 4.78 is 12.5. The van der Waals surface area contributed by atoms with Gasteiger partial charge in [0.15, 0.2) is 0 Å². The van der Waals surface area contributed by atoms with E-state index in [9.17, 15) is 0 Å².